The standard InChI is InChI=1S/C22H23N3O2/c23-21(16-26-15-19-4-2-1-3-5-19)17-27-22-12-20(13-25-14-22)7-6-18-8-10-24-11-9-18/h1-14,21H,15-17,23H2/t21-/m1/s1. The molecule has 5 nitrogen and oxygen atoms in total. The first-order valence-electron chi connectivity index (χ1n) is 8.83. The minimum atomic E-state index is -0.204. The largest absolute Gasteiger partial charge is 0.490 e. The molecule has 138 valence electrons. The van der Waals surface area contributed by atoms with Crippen LogP contribution in [0.5, 0.6) is 5.75 Å². The van der Waals surface area contributed by atoms with E-state index in [0.717, 1.165) is 16.7 Å². The second kappa shape index (κ2) is 10.2. The first-order valence-corrected chi connectivity index (χ1v) is 8.83. The number of rotatable bonds is 9. The van der Waals surface area contributed by atoms with Crippen LogP contribution in [0.15, 0.2) is 73.3 Å². The Kier molecular flexibility index (Phi) is 7.09. The minimum Gasteiger partial charge on any atom is -0.490 e. The monoisotopic (exact) mass is 361 g/mol. The van der Waals surface area contributed by atoms with Crippen molar-refractivity contribution in [2.45, 2.75) is 12.6 Å². The molecule has 0 aliphatic carbocycles. The molecule has 0 unspecified atom stereocenters. The summed E-state index contributed by atoms with van der Waals surface area (Å²) in [5, 5.41) is 0. The Labute approximate surface area is 159 Å². The van der Waals surface area contributed by atoms with Crippen molar-refractivity contribution in [2.24, 2.45) is 5.73 Å². The molecule has 0 bridgehead atoms. The maximum Gasteiger partial charge on any atom is 0.138 e. The van der Waals surface area contributed by atoms with E-state index < -0.39 is 0 Å². The molecule has 0 radical (unpaired) electrons. The molecule has 1 aromatic carbocycles. The second-order valence-corrected chi connectivity index (χ2v) is 6.14. The summed E-state index contributed by atoms with van der Waals surface area (Å²) in [7, 11) is 0. The molecule has 2 heterocycles. The third-order valence-corrected chi connectivity index (χ3v) is 3.82. The van der Waals surface area contributed by atoms with E-state index in [1.165, 1.54) is 0 Å². The molecule has 0 saturated carbocycles. The minimum absolute atomic E-state index is 0.204. The molecule has 1 atom stereocenters. The van der Waals surface area contributed by atoms with E-state index in [0.29, 0.717) is 25.6 Å². The predicted octanol–water partition coefficient (Wildman–Crippen LogP) is 3.57. The zero-order valence-corrected chi connectivity index (χ0v) is 15.1. The Morgan fingerprint density at radius 3 is 2.48 bits per heavy atom. The van der Waals surface area contributed by atoms with Crippen molar-refractivity contribution < 1.29 is 9.47 Å². The summed E-state index contributed by atoms with van der Waals surface area (Å²) < 4.78 is 11.4. The van der Waals surface area contributed by atoms with E-state index >= 15 is 0 Å². The highest BCUT2D eigenvalue weighted by Gasteiger charge is 2.05. The Balaban J connectivity index is 1.44. The average Bonchev–Trinajstić information content (AvgIpc) is 2.73. The van der Waals surface area contributed by atoms with Gasteiger partial charge in [-0.15, -0.1) is 0 Å². The van der Waals surface area contributed by atoms with E-state index in [-0.39, 0.29) is 6.04 Å². The van der Waals surface area contributed by atoms with Crippen LogP contribution in [0.25, 0.3) is 12.2 Å². The molecular formula is C22H23N3O2. The van der Waals surface area contributed by atoms with E-state index in [4.69, 9.17) is 15.2 Å². The molecule has 5 heteroatoms. The second-order valence-electron chi connectivity index (χ2n) is 6.14. The van der Waals surface area contributed by atoms with Crippen molar-refractivity contribution in [2.75, 3.05) is 13.2 Å². The molecule has 3 rings (SSSR count). The number of pyridine rings is 2. The van der Waals surface area contributed by atoms with Crippen molar-refractivity contribution in [3.05, 3.63) is 90.0 Å². The van der Waals surface area contributed by atoms with Crippen molar-refractivity contribution >= 4 is 12.2 Å². The summed E-state index contributed by atoms with van der Waals surface area (Å²) in [5.41, 5.74) is 9.23. The fourth-order valence-electron chi connectivity index (χ4n) is 2.43. The third-order valence-electron chi connectivity index (χ3n) is 3.82. The number of hydrogen-bond acceptors (Lipinski definition) is 5. The van der Waals surface area contributed by atoms with Gasteiger partial charge in [0.2, 0.25) is 0 Å². The molecule has 27 heavy (non-hydrogen) atoms. The quantitative estimate of drug-likeness (QED) is 0.631. The summed E-state index contributed by atoms with van der Waals surface area (Å²) >= 11 is 0. The molecule has 0 spiro atoms. The van der Waals surface area contributed by atoms with Gasteiger partial charge in [-0.3, -0.25) is 9.97 Å². The van der Waals surface area contributed by atoms with Gasteiger partial charge in [-0.05, 0) is 34.9 Å². The van der Waals surface area contributed by atoms with Crippen LogP contribution in [-0.4, -0.2) is 29.2 Å². The van der Waals surface area contributed by atoms with Crippen LogP contribution in [0.2, 0.25) is 0 Å². The normalized spacial score (nSPS) is 12.2. The van der Waals surface area contributed by atoms with Crippen molar-refractivity contribution in [3.8, 4) is 5.75 Å². The number of aromatic nitrogens is 2. The van der Waals surface area contributed by atoms with Crippen LogP contribution >= 0.6 is 0 Å². The number of ether oxygens (including phenoxy) is 2. The number of nitrogens with zero attached hydrogens (tertiary/aromatic N) is 2. The van der Waals surface area contributed by atoms with Gasteiger partial charge in [0, 0.05) is 18.6 Å². The summed E-state index contributed by atoms with van der Waals surface area (Å²) in [5.74, 6) is 0.686. The highest BCUT2D eigenvalue weighted by atomic mass is 16.5. The van der Waals surface area contributed by atoms with E-state index in [1.807, 2.05) is 60.7 Å². The van der Waals surface area contributed by atoms with Gasteiger partial charge >= 0.3 is 0 Å². The molecular weight excluding hydrogens is 338 g/mol. The van der Waals surface area contributed by atoms with E-state index in [9.17, 15) is 0 Å². The van der Waals surface area contributed by atoms with Crippen LogP contribution in [0, 0.1) is 0 Å². The number of benzene rings is 1. The first kappa shape index (κ1) is 18.8. The zero-order chi connectivity index (χ0) is 18.7. The Hall–Kier alpha value is -3.02. The highest BCUT2D eigenvalue weighted by molar-refractivity contribution is 5.69. The summed E-state index contributed by atoms with van der Waals surface area (Å²) in [6, 6.07) is 15.6. The lowest BCUT2D eigenvalue weighted by Crippen LogP contribution is -2.32. The van der Waals surface area contributed by atoms with Gasteiger partial charge in [-0.1, -0.05) is 42.5 Å². The smallest absolute Gasteiger partial charge is 0.138 e. The molecule has 0 saturated heterocycles. The van der Waals surface area contributed by atoms with Crippen LogP contribution in [0.4, 0.5) is 0 Å². The molecule has 0 fully saturated rings. The van der Waals surface area contributed by atoms with Gasteiger partial charge in [-0.25, -0.2) is 0 Å². The molecule has 0 aliphatic heterocycles. The molecule has 0 aliphatic rings. The van der Waals surface area contributed by atoms with E-state index in [1.54, 1.807) is 24.8 Å². The Morgan fingerprint density at radius 1 is 0.889 bits per heavy atom. The maximum atomic E-state index is 6.07. The Morgan fingerprint density at radius 2 is 1.67 bits per heavy atom. The van der Waals surface area contributed by atoms with Crippen LogP contribution < -0.4 is 10.5 Å². The van der Waals surface area contributed by atoms with Crippen LogP contribution in [0.1, 0.15) is 16.7 Å². The highest BCUT2D eigenvalue weighted by Crippen LogP contribution is 2.14. The predicted molar refractivity (Wildman–Crippen MR) is 107 cm³/mol. The Bertz CT molecular complexity index is 838. The molecule has 3 aromatic rings. The first-order chi connectivity index (χ1) is 13.3. The van der Waals surface area contributed by atoms with Crippen molar-refractivity contribution in [3.63, 3.8) is 0 Å². The van der Waals surface area contributed by atoms with Crippen molar-refractivity contribution in [1.29, 1.82) is 0 Å². The fourth-order valence-corrected chi connectivity index (χ4v) is 2.43. The lowest BCUT2D eigenvalue weighted by molar-refractivity contribution is 0.0935. The van der Waals surface area contributed by atoms with Gasteiger partial charge in [0.25, 0.3) is 0 Å². The van der Waals surface area contributed by atoms with E-state index in [2.05, 4.69) is 9.97 Å². The topological polar surface area (TPSA) is 70.3 Å². The molecule has 0 amide bonds. The van der Waals surface area contributed by atoms with Crippen molar-refractivity contribution in [1.82, 2.24) is 9.97 Å². The van der Waals surface area contributed by atoms with Crippen LogP contribution in [0.3, 0.4) is 0 Å². The fraction of sp³-hybridized carbons (Fsp3) is 0.182. The molecule has 2 N–H and O–H groups in total. The lowest BCUT2D eigenvalue weighted by atomic mass is 10.2. The van der Waals surface area contributed by atoms with Gasteiger partial charge < -0.3 is 15.2 Å². The number of hydrogen-bond donors (Lipinski definition) is 1. The summed E-state index contributed by atoms with van der Waals surface area (Å²) in [6.07, 6.45) is 11.0. The van der Waals surface area contributed by atoms with Crippen LogP contribution in [-0.2, 0) is 11.3 Å². The summed E-state index contributed by atoms with van der Waals surface area (Å²) in [6.45, 7) is 1.35. The molecule has 2 aromatic heterocycles. The SMILES string of the molecule is N[C@H](COCc1ccccc1)COc1cncc(C=Cc2ccncc2)c1. The van der Waals surface area contributed by atoms with Gasteiger partial charge in [0.1, 0.15) is 12.4 Å². The van der Waals surface area contributed by atoms with Gasteiger partial charge in [0.05, 0.1) is 25.5 Å². The zero-order valence-electron chi connectivity index (χ0n) is 15.1. The average molecular weight is 361 g/mol. The third kappa shape index (κ3) is 6.66. The van der Waals surface area contributed by atoms with Gasteiger partial charge in [-0.2, -0.15) is 0 Å². The number of nitrogens with two attached hydrogens (primary N) is 1. The summed E-state index contributed by atoms with van der Waals surface area (Å²) in [4.78, 5) is 8.22. The lowest BCUT2D eigenvalue weighted by Gasteiger charge is -2.13. The van der Waals surface area contributed by atoms with Gasteiger partial charge in [0.15, 0.2) is 0 Å². The maximum absolute atomic E-state index is 6.07.